The van der Waals surface area contributed by atoms with Crippen LogP contribution in [0.1, 0.15) is 39.8 Å². The Labute approximate surface area is 149 Å². The Balaban J connectivity index is 1.44. The summed E-state index contributed by atoms with van der Waals surface area (Å²) in [6.07, 6.45) is 8.26. The second-order valence-electron chi connectivity index (χ2n) is 6.03. The molecule has 0 amide bonds. The Bertz CT molecular complexity index is 898. The van der Waals surface area contributed by atoms with Crippen molar-refractivity contribution in [3.05, 3.63) is 58.6 Å². The van der Waals surface area contributed by atoms with Crippen LogP contribution >= 0.6 is 11.3 Å². The highest BCUT2D eigenvalue weighted by molar-refractivity contribution is 7.12. The monoisotopic (exact) mass is 354 g/mol. The summed E-state index contributed by atoms with van der Waals surface area (Å²) >= 11 is 1.36. The first kappa shape index (κ1) is 15.8. The number of rotatable bonds is 6. The van der Waals surface area contributed by atoms with E-state index >= 15 is 0 Å². The van der Waals surface area contributed by atoms with Gasteiger partial charge in [0.2, 0.25) is 0 Å². The summed E-state index contributed by atoms with van der Waals surface area (Å²) in [5.41, 5.74) is 4.03. The molecule has 25 heavy (non-hydrogen) atoms. The molecule has 0 unspecified atom stereocenters. The molecule has 3 aromatic heterocycles. The number of aromatic nitrogens is 3. The number of hydrogen-bond donors (Lipinski definition) is 1. The van der Waals surface area contributed by atoms with Crippen LogP contribution in [0.3, 0.4) is 0 Å². The van der Waals surface area contributed by atoms with Gasteiger partial charge in [0.1, 0.15) is 4.88 Å². The van der Waals surface area contributed by atoms with E-state index in [9.17, 15) is 4.79 Å². The fraction of sp³-hybridized carbons (Fsp3) is 0.278. The summed E-state index contributed by atoms with van der Waals surface area (Å²) in [4.78, 5) is 21.0. The third kappa shape index (κ3) is 3.56. The van der Waals surface area contributed by atoms with Crippen LogP contribution in [0.2, 0.25) is 0 Å². The number of hydrogen-bond acceptors (Lipinski definition) is 6. The van der Waals surface area contributed by atoms with Crippen molar-refractivity contribution < 1.29 is 9.53 Å². The molecule has 1 saturated carbocycles. The summed E-state index contributed by atoms with van der Waals surface area (Å²) in [7, 11) is 1.38. The van der Waals surface area contributed by atoms with Gasteiger partial charge in [0, 0.05) is 35.1 Å². The zero-order valence-electron chi connectivity index (χ0n) is 13.8. The van der Waals surface area contributed by atoms with Gasteiger partial charge in [-0.15, -0.1) is 11.3 Å². The van der Waals surface area contributed by atoms with Crippen molar-refractivity contribution in [2.24, 2.45) is 0 Å². The average Bonchev–Trinajstić information content (AvgIpc) is 3.19. The van der Waals surface area contributed by atoms with Crippen molar-refractivity contribution >= 4 is 23.0 Å². The number of nitrogens with one attached hydrogen (secondary N) is 1. The van der Waals surface area contributed by atoms with Crippen molar-refractivity contribution in [2.75, 3.05) is 12.4 Å². The van der Waals surface area contributed by atoms with Crippen LogP contribution in [0.15, 0.2) is 42.3 Å². The van der Waals surface area contributed by atoms with Crippen molar-refractivity contribution in [1.82, 2.24) is 14.5 Å². The number of ether oxygens (including phenoxy) is 1. The first-order valence-electron chi connectivity index (χ1n) is 8.13. The van der Waals surface area contributed by atoms with Gasteiger partial charge in [-0.2, -0.15) is 0 Å². The van der Waals surface area contributed by atoms with E-state index in [1.807, 2.05) is 28.4 Å². The largest absolute Gasteiger partial charge is 0.465 e. The summed E-state index contributed by atoms with van der Waals surface area (Å²) in [5, 5.41) is 5.18. The first-order chi connectivity index (χ1) is 12.2. The van der Waals surface area contributed by atoms with Crippen molar-refractivity contribution in [1.29, 1.82) is 0 Å². The van der Waals surface area contributed by atoms with Gasteiger partial charge in [-0.3, -0.25) is 4.98 Å². The van der Waals surface area contributed by atoms with Gasteiger partial charge in [-0.1, -0.05) is 0 Å². The Kier molecular flexibility index (Phi) is 4.23. The van der Waals surface area contributed by atoms with Gasteiger partial charge < -0.3 is 14.6 Å². The number of carbonyl (C=O) groups is 1. The highest BCUT2D eigenvalue weighted by atomic mass is 32.1. The van der Waals surface area contributed by atoms with Crippen LogP contribution in [0, 0.1) is 0 Å². The van der Waals surface area contributed by atoms with E-state index in [0.717, 1.165) is 17.1 Å². The predicted octanol–water partition coefficient (Wildman–Crippen LogP) is 3.60. The normalized spacial score (nSPS) is 13.6. The molecule has 1 fully saturated rings. The minimum Gasteiger partial charge on any atom is -0.465 e. The van der Waals surface area contributed by atoms with Gasteiger partial charge in [0.15, 0.2) is 0 Å². The molecule has 3 aromatic rings. The SMILES string of the molecule is COC(=O)c1cc(NCc2cc(-n3cnc(C4CC4)c3)ccn2)cs1. The predicted molar refractivity (Wildman–Crippen MR) is 96.3 cm³/mol. The van der Waals surface area contributed by atoms with E-state index in [4.69, 9.17) is 4.74 Å². The number of esters is 1. The summed E-state index contributed by atoms with van der Waals surface area (Å²) in [6.45, 7) is 0.579. The van der Waals surface area contributed by atoms with Crippen LogP contribution in [0.4, 0.5) is 5.69 Å². The zero-order valence-corrected chi connectivity index (χ0v) is 14.6. The minimum atomic E-state index is -0.315. The van der Waals surface area contributed by atoms with Crippen LogP contribution in [-0.4, -0.2) is 27.6 Å². The third-order valence-electron chi connectivity index (χ3n) is 4.16. The molecule has 0 aliphatic heterocycles. The molecular formula is C18H18N4O2S. The minimum absolute atomic E-state index is 0.315. The number of carbonyl (C=O) groups excluding carboxylic acids is 1. The third-order valence-corrected chi connectivity index (χ3v) is 5.07. The maximum Gasteiger partial charge on any atom is 0.348 e. The lowest BCUT2D eigenvalue weighted by atomic mass is 10.3. The van der Waals surface area contributed by atoms with E-state index in [0.29, 0.717) is 17.3 Å². The van der Waals surface area contributed by atoms with E-state index in [2.05, 4.69) is 21.5 Å². The lowest BCUT2D eigenvalue weighted by molar-refractivity contribution is 0.0606. The molecule has 0 radical (unpaired) electrons. The van der Waals surface area contributed by atoms with Crippen LogP contribution < -0.4 is 5.32 Å². The molecule has 6 nitrogen and oxygen atoms in total. The zero-order chi connectivity index (χ0) is 17.2. The Hall–Kier alpha value is -2.67. The molecule has 0 saturated heterocycles. The van der Waals surface area contributed by atoms with E-state index in [-0.39, 0.29) is 5.97 Å². The molecule has 1 aliphatic rings. The average molecular weight is 354 g/mol. The lowest BCUT2D eigenvalue weighted by Gasteiger charge is -2.06. The van der Waals surface area contributed by atoms with Crippen molar-refractivity contribution in [2.45, 2.75) is 25.3 Å². The van der Waals surface area contributed by atoms with Crippen LogP contribution in [-0.2, 0) is 11.3 Å². The van der Waals surface area contributed by atoms with Crippen LogP contribution in [0.5, 0.6) is 0 Å². The molecule has 0 spiro atoms. The van der Waals surface area contributed by atoms with E-state index in [1.165, 1.54) is 37.0 Å². The second-order valence-corrected chi connectivity index (χ2v) is 6.94. The van der Waals surface area contributed by atoms with Gasteiger partial charge in [0.05, 0.1) is 31.4 Å². The molecule has 4 rings (SSSR count). The fourth-order valence-electron chi connectivity index (χ4n) is 2.62. The molecule has 7 heteroatoms. The van der Waals surface area contributed by atoms with Gasteiger partial charge in [0.25, 0.3) is 0 Å². The van der Waals surface area contributed by atoms with E-state index in [1.54, 1.807) is 12.3 Å². The smallest absolute Gasteiger partial charge is 0.348 e. The maximum atomic E-state index is 11.5. The molecule has 1 N–H and O–H groups in total. The summed E-state index contributed by atoms with van der Waals surface area (Å²) < 4.78 is 6.76. The lowest BCUT2D eigenvalue weighted by Crippen LogP contribution is -2.02. The number of thiophene rings is 1. The molecule has 0 bridgehead atoms. The molecule has 128 valence electrons. The number of methoxy groups -OCH3 is 1. The molecule has 1 aliphatic carbocycles. The van der Waals surface area contributed by atoms with Crippen LogP contribution in [0.25, 0.3) is 5.69 Å². The highest BCUT2D eigenvalue weighted by Gasteiger charge is 2.25. The van der Waals surface area contributed by atoms with Crippen molar-refractivity contribution in [3.8, 4) is 5.69 Å². The Morgan fingerprint density at radius 2 is 2.28 bits per heavy atom. The standard InChI is InChI=1S/C18H18N4O2S/c1-24-18(23)17-7-14(10-25-17)20-8-13-6-15(4-5-19-13)22-9-16(21-11-22)12-2-3-12/h4-7,9-12,20H,2-3,8H2,1H3. The van der Waals surface area contributed by atoms with Gasteiger partial charge in [-0.05, 0) is 31.0 Å². The van der Waals surface area contributed by atoms with Crippen molar-refractivity contribution in [3.63, 3.8) is 0 Å². The number of pyridine rings is 1. The summed E-state index contributed by atoms with van der Waals surface area (Å²) in [5.74, 6) is 0.330. The maximum absolute atomic E-state index is 11.5. The number of imidazole rings is 1. The molecule has 0 aromatic carbocycles. The number of anilines is 1. The molecular weight excluding hydrogens is 336 g/mol. The Morgan fingerprint density at radius 1 is 1.40 bits per heavy atom. The quantitative estimate of drug-likeness (QED) is 0.685. The van der Waals surface area contributed by atoms with Gasteiger partial charge >= 0.3 is 5.97 Å². The highest BCUT2D eigenvalue weighted by Crippen LogP contribution is 2.39. The summed E-state index contributed by atoms with van der Waals surface area (Å²) in [6, 6.07) is 5.80. The van der Waals surface area contributed by atoms with Gasteiger partial charge in [-0.25, -0.2) is 9.78 Å². The fourth-order valence-corrected chi connectivity index (χ4v) is 3.40. The topological polar surface area (TPSA) is 69.0 Å². The number of nitrogens with zero attached hydrogens (tertiary/aromatic N) is 3. The van der Waals surface area contributed by atoms with E-state index < -0.39 is 0 Å². The first-order valence-corrected chi connectivity index (χ1v) is 9.01. The molecule has 3 heterocycles. The molecule has 0 atom stereocenters. The second kappa shape index (κ2) is 6.68. The Morgan fingerprint density at radius 3 is 3.08 bits per heavy atom.